The van der Waals surface area contributed by atoms with Crippen molar-refractivity contribution in [2.75, 3.05) is 11.5 Å². The van der Waals surface area contributed by atoms with E-state index < -0.39 is 17.2 Å². The summed E-state index contributed by atoms with van der Waals surface area (Å²) in [7, 11) is 0. The van der Waals surface area contributed by atoms with Crippen LogP contribution in [-0.4, -0.2) is 20.0 Å². The molecule has 0 radical (unpaired) electrons. The van der Waals surface area contributed by atoms with Crippen LogP contribution in [0.3, 0.4) is 0 Å². The first-order valence-electron chi connectivity index (χ1n) is 8.34. The number of nitrogens with two attached hydrogens (primary N) is 2. The van der Waals surface area contributed by atoms with Crippen molar-refractivity contribution in [1.82, 2.24) is 20.0 Å². The van der Waals surface area contributed by atoms with Crippen LogP contribution in [0.25, 0.3) is 5.69 Å². The number of anilines is 2. The molecule has 2 aromatic heterocycles. The molecule has 8 nitrogen and oxygen atoms in total. The maximum Gasteiger partial charge on any atom is 0.416 e. The second-order valence-electron chi connectivity index (χ2n) is 6.73. The predicted molar refractivity (Wildman–Crippen MR) is 96.2 cm³/mol. The Hall–Kier alpha value is -3.26. The average Bonchev–Trinajstić information content (AvgIpc) is 3.19. The number of halogens is 4. The van der Waals surface area contributed by atoms with Crippen LogP contribution in [0.4, 0.5) is 24.7 Å². The number of hydrogen-bond acceptors (Lipinski definition) is 7. The van der Waals surface area contributed by atoms with Crippen molar-refractivity contribution in [3.05, 3.63) is 45.8 Å². The van der Waals surface area contributed by atoms with Gasteiger partial charge in [-0.15, -0.1) is 10.2 Å². The summed E-state index contributed by atoms with van der Waals surface area (Å²) in [4.78, 5) is 0. The molecule has 0 amide bonds. The number of rotatable bonds is 3. The molecule has 1 aliphatic rings. The highest BCUT2D eigenvalue weighted by atomic mass is 35.5. The maximum atomic E-state index is 13.0. The first-order chi connectivity index (χ1) is 13.6. The lowest BCUT2D eigenvalue weighted by Gasteiger charge is -2.15. The van der Waals surface area contributed by atoms with Gasteiger partial charge in [-0.3, -0.25) is 0 Å². The minimum atomic E-state index is -4.62. The van der Waals surface area contributed by atoms with Gasteiger partial charge in [0, 0.05) is 12.5 Å². The first kappa shape index (κ1) is 19.1. The molecule has 0 unspecified atom stereocenters. The van der Waals surface area contributed by atoms with Crippen LogP contribution in [-0.2, 0) is 11.6 Å². The van der Waals surface area contributed by atoms with Gasteiger partial charge in [0.15, 0.2) is 5.69 Å². The van der Waals surface area contributed by atoms with Crippen LogP contribution >= 0.6 is 11.6 Å². The van der Waals surface area contributed by atoms with Gasteiger partial charge in [0.25, 0.3) is 0 Å². The second-order valence-corrected chi connectivity index (χ2v) is 7.14. The van der Waals surface area contributed by atoms with Gasteiger partial charge in [-0.25, -0.2) is 4.68 Å². The Kier molecular flexibility index (Phi) is 4.02. The van der Waals surface area contributed by atoms with Crippen LogP contribution in [0.15, 0.2) is 16.5 Å². The molecule has 1 fully saturated rings. The average molecular weight is 424 g/mol. The summed E-state index contributed by atoms with van der Waals surface area (Å²) in [6, 6.07) is 3.43. The second kappa shape index (κ2) is 6.12. The molecular formula is C17H13ClF3N7O. The van der Waals surface area contributed by atoms with E-state index in [4.69, 9.17) is 27.5 Å². The molecule has 150 valence electrons. The van der Waals surface area contributed by atoms with E-state index in [0.717, 1.165) is 16.8 Å². The van der Waals surface area contributed by atoms with E-state index in [9.17, 15) is 18.4 Å². The molecule has 4 N–H and O–H groups in total. The van der Waals surface area contributed by atoms with Gasteiger partial charge in [-0.1, -0.05) is 11.6 Å². The molecule has 0 bridgehead atoms. The number of hydrogen-bond donors (Lipinski definition) is 2. The number of benzene rings is 1. The third-order valence-corrected chi connectivity index (χ3v) is 5.11. The number of aromatic nitrogens is 4. The smallest absolute Gasteiger partial charge is 0.416 e. The van der Waals surface area contributed by atoms with Crippen molar-refractivity contribution < 1.29 is 17.6 Å². The summed E-state index contributed by atoms with van der Waals surface area (Å²) in [6.07, 6.45) is -3.44. The number of nitrogen functional groups attached to an aromatic ring is 2. The first-order valence-corrected chi connectivity index (χ1v) is 8.72. The minimum absolute atomic E-state index is 0.0169. The van der Waals surface area contributed by atoms with Gasteiger partial charge in [0.05, 0.1) is 21.7 Å². The number of aryl methyl sites for hydroxylation is 1. The molecule has 1 aliphatic carbocycles. The Bertz CT molecular complexity index is 1150. The highest BCUT2D eigenvalue weighted by molar-refractivity contribution is 6.33. The summed E-state index contributed by atoms with van der Waals surface area (Å²) in [5.74, 6) is 0.665. The Morgan fingerprint density at radius 2 is 1.97 bits per heavy atom. The van der Waals surface area contributed by atoms with E-state index >= 15 is 0 Å². The van der Waals surface area contributed by atoms with Crippen molar-refractivity contribution in [3.63, 3.8) is 0 Å². The van der Waals surface area contributed by atoms with Crippen LogP contribution in [0.2, 0.25) is 5.02 Å². The molecule has 1 saturated carbocycles. The van der Waals surface area contributed by atoms with E-state index in [1.54, 1.807) is 6.92 Å². The SMILES string of the molecule is Cc1nnc(C2(c3c(C#N)nn(-c4c(N)cc(C(F)(F)F)cc4Cl)c3N)CC2)o1. The molecule has 4 rings (SSSR count). The lowest BCUT2D eigenvalue weighted by molar-refractivity contribution is -0.137. The van der Waals surface area contributed by atoms with Crippen molar-refractivity contribution in [2.45, 2.75) is 31.4 Å². The van der Waals surface area contributed by atoms with Crippen LogP contribution < -0.4 is 11.5 Å². The maximum absolute atomic E-state index is 13.0. The van der Waals surface area contributed by atoms with E-state index in [-0.39, 0.29) is 27.9 Å². The predicted octanol–water partition coefficient (Wildman–Crippen LogP) is 3.35. The van der Waals surface area contributed by atoms with Gasteiger partial charge < -0.3 is 15.9 Å². The highest BCUT2D eigenvalue weighted by Crippen LogP contribution is 2.56. The van der Waals surface area contributed by atoms with Crippen molar-refractivity contribution in [2.24, 2.45) is 0 Å². The zero-order chi connectivity index (χ0) is 21.1. The molecule has 0 saturated heterocycles. The molecule has 3 aromatic rings. The Labute approximate surface area is 166 Å². The van der Waals surface area contributed by atoms with E-state index in [1.165, 1.54) is 0 Å². The zero-order valence-corrected chi connectivity index (χ0v) is 15.6. The summed E-state index contributed by atoms with van der Waals surface area (Å²) >= 11 is 6.08. The summed E-state index contributed by atoms with van der Waals surface area (Å²) < 4.78 is 45.6. The van der Waals surface area contributed by atoms with Gasteiger partial charge in [-0.2, -0.15) is 23.5 Å². The third-order valence-electron chi connectivity index (χ3n) is 4.82. The van der Waals surface area contributed by atoms with Crippen molar-refractivity contribution in [3.8, 4) is 11.8 Å². The Morgan fingerprint density at radius 3 is 2.45 bits per heavy atom. The molecular weight excluding hydrogens is 411 g/mol. The third kappa shape index (κ3) is 2.87. The standard InChI is InChI=1S/C17H13ClF3N7O/c1-7-25-26-15(29-7)16(2-3-16)12-11(6-22)27-28(14(12)24)13-9(18)4-8(5-10(13)23)17(19,20)21/h4-5H,2-3,23-24H2,1H3. The lowest BCUT2D eigenvalue weighted by Crippen LogP contribution is -2.14. The Morgan fingerprint density at radius 1 is 1.28 bits per heavy atom. The molecule has 0 atom stereocenters. The van der Waals surface area contributed by atoms with Crippen LogP contribution in [0.1, 0.15) is 41.4 Å². The molecule has 0 spiro atoms. The Balaban J connectivity index is 1.90. The minimum Gasteiger partial charge on any atom is -0.425 e. The zero-order valence-electron chi connectivity index (χ0n) is 14.9. The van der Waals surface area contributed by atoms with Gasteiger partial charge in [0.2, 0.25) is 11.8 Å². The van der Waals surface area contributed by atoms with Gasteiger partial charge in [0.1, 0.15) is 17.6 Å². The summed E-state index contributed by atoms with van der Waals surface area (Å²) in [5, 5.41) is 21.3. The topological polar surface area (TPSA) is 133 Å². The van der Waals surface area contributed by atoms with Gasteiger partial charge in [-0.05, 0) is 25.0 Å². The molecule has 0 aliphatic heterocycles. The molecule has 1 aromatic carbocycles. The van der Waals surface area contributed by atoms with Crippen LogP contribution in [0, 0.1) is 18.3 Å². The lowest BCUT2D eigenvalue weighted by atomic mass is 9.95. The van der Waals surface area contributed by atoms with E-state index in [2.05, 4.69) is 15.3 Å². The monoisotopic (exact) mass is 423 g/mol. The molecule has 2 heterocycles. The summed E-state index contributed by atoms with van der Waals surface area (Å²) in [5.41, 5.74) is 10.3. The number of nitrogens with zero attached hydrogens (tertiary/aromatic N) is 5. The molecule has 12 heteroatoms. The fourth-order valence-corrected chi connectivity index (χ4v) is 3.65. The van der Waals surface area contributed by atoms with Crippen molar-refractivity contribution in [1.29, 1.82) is 5.26 Å². The molecule has 29 heavy (non-hydrogen) atoms. The quantitative estimate of drug-likeness (QED) is 0.617. The van der Waals surface area contributed by atoms with Crippen molar-refractivity contribution >= 4 is 23.1 Å². The van der Waals surface area contributed by atoms with Gasteiger partial charge >= 0.3 is 6.18 Å². The fraction of sp³-hybridized carbons (Fsp3) is 0.294. The number of nitriles is 1. The summed E-state index contributed by atoms with van der Waals surface area (Å²) in [6.45, 7) is 1.63. The number of alkyl halides is 3. The normalized spacial score (nSPS) is 15.3. The van der Waals surface area contributed by atoms with E-state index in [0.29, 0.717) is 30.2 Å². The van der Waals surface area contributed by atoms with Crippen LogP contribution in [0.5, 0.6) is 0 Å². The van der Waals surface area contributed by atoms with E-state index in [1.807, 2.05) is 6.07 Å². The largest absolute Gasteiger partial charge is 0.425 e. The fourth-order valence-electron chi connectivity index (χ4n) is 3.34. The highest BCUT2D eigenvalue weighted by Gasteiger charge is 2.55.